The Kier molecular flexibility index (Phi) is 6.06. The summed E-state index contributed by atoms with van der Waals surface area (Å²) in [5.74, 6) is -0.800. The molecule has 4 aromatic rings. The number of hydrogen-bond acceptors (Lipinski definition) is 10. The van der Waals surface area contributed by atoms with E-state index in [1.54, 1.807) is 19.3 Å². The van der Waals surface area contributed by atoms with Crippen LogP contribution < -0.4 is 15.0 Å². The van der Waals surface area contributed by atoms with E-state index in [1.807, 2.05) is 0 Å². The largest absolute Gasteiger partial charge is 0.479 e. The zero-order chi connectivity index (χ0) is 24.5. The third-order valence-corrected chi connectivity index (χ3v) is 6.42. The summed E-state index contributed by atoms with van der Waals surface area (Å²) >= 11 is 0. The van der Waals surface area contributed by atoms with Crippen LogP contribution in [0.4, 0.5) is 10.3 Å². The van der Waals surface area contributed by atoms with Crippen LogP contribution in [-0.4, -0.2) is 65.3 Å². The summed E-state index contributed by atoms with van der Waals surface area (Å²) in [5.41, 5.74) is -0.460. The molecule has 4 heterocycles. The number of hydrogen-bond donors (Lipinski definition) is 2. The topological polar surface area (TPSA) is 175 Å². The molecular formula is C18H19FN10O4S. The lowest BCUT2D eigenvalue weighted by Crippen LogP contribution is -2.30. The Morgan fingerprint density at radius 1 is 1.24 bits per heavy atom. The number of ether oxygens (including phenoxy) is 1. The van der Waals surface area contributed by atoms with E-state index >= 15 is 0 Å². The summed E-state index contributed by atoms with van der Waals surface area (Å²) in [6, 6.07) is 1.62. The first-order valence-corrected chi connectivity index (χ1v) is 11.3. The Labute approximate surface area is 191 Å². The fourth-order valence-corrected chi connectivity index (χ4v) is 3.98. The predicted octanol–water partition coefficient (Wildman–Crippen LogP) is 0.0617. The molecule has 0 aliphatic rings. The number of aromatic amines is 1. The van der Waals surface area contributed by atoms with Gasteiger partial charge in [-0.15, -0.1) is 10.2 Å². The van der Waals surface area contributed by atoms with Crippen LogP contribution >= 0.6 is 0 Å². The summed E-state index contributed by atoms with van der Waals surface area (Å²) in [5, 5.41) is 11.2. The van der Waals surface area contributed by atoms with Gasteiger partial charge in [-0.1, -0.05) is 0 Å². The number of nitrogens with one attached hydrogen (secondary N) is 2. The maximum absolute atomic E-state index is 13.1. The number of sulfonamides is 1. The van der Waals surface area contributed by atoms with Gasteiger partial charge in [0.1, 0.15) is 11.5 Å². The zero-order valence-corrected chi connectivity index (χ0v) is 19.0. The number of aromatic nitrogens is 9. The maximum Gasteiger partial charge on any atom is 0.279 e. The molecule has 14 nitrogen and oxygen atoms in total. The van der Waals surface area contributed by atoms with Crippen molar-refractivity contribution < 1.29 is 17.5 Å². The second-order valence-corrected chi connectivity index (χ2v) is 9.23. The highest BCUT2D eigenvalue weighted by Gasteiger charge is 2.29. The van der Waals surface area contributed by atoms with Gasteiger partial charge in [0.05, 0.1) is 31.1 Å². The molecule has 0 aliphatic heterocycles. The van der Waals surface area contributed by atoms with Crippen molar-refractivity contribution in [1.82, 2.24) is 44.5 Å². The summed E-state index contributed by atoms with van der Waals surface area (Å²) in [6.07, 6.45) is 4.59. The van der Waals surface area contributed by atoms with E-state index in [0.717, 1.165) is 23.3 Å². The molecule has 4 aromatic heterocycles. The molecule has 0 fully saturated rings. The highest BCUT2D eigenvalue weighted by atomic mass is 32.2. The van der Waals surface area contributed by atoms with E-state index in [4.69, 9.17) is 4.74 Å². The van der Waals surface area contributed by atoms with Crippen LogP contribution in [0.25, 0.3) is 17.2 Å². The fraction of sp³-hybridized carbons (Fsp3) is 0.278. The van der Waals surface area contributed by atoms with Gasteiger partial charge < -0.3 is 9.72 Å². The number of halogens is 1. The van der Waals surface area contributed by atoms with E-state index in [2.05, 4.69) is 40.0 Å². The fourth-order valence-electron chi connectivity index (χ4n) is 3.02. The van der Waals surface area contributed by atoms with Gasteiger partial charge in [-0.2, -0.15) is 5.10 Å². The van der Waals surface area contributed by atoms with Crippen molar-refractivity contribution in [2.24, 2.45) is 7.05 Å². The zero-order valence-electron chi connectivity index (χ0n) is 18.2. The summed E-state index contributed by atoms with van der Waals surface area (Å²) in [7, 11) is -1.10. The lowest BCUT2D eigenvalue weighted by atomic mass is 10.3. The Morgan fingerprint density at radius 2 is 1.97 bits per heavy atom. The van der Waals surface area contributed by atoms with Gasteiger partial charge in [-0.3, -0.25) is 14.2 Å². The molecule has 0 unspecified atom stereocenters. The highest BCUT2D eigenvalue weighted by Crippen LogP contribution is 2.27. The molecule has 0 amide bonds. The minimum Gasteiger partial charge on any atom is -0.479 e. The molecular weight excluding hydrogens is 471 g/mol. The number of anilines is 1. The minimum atomic E-state index is -4.09. The third kappa shape index (κ3) is 4.47. The third-order valence-electron chi connectivity index (χ3n) is 4.72. The SMILES string of the molecule is COc1nc[nH]c(=O)c1-n1c(NS(=O)(=O)[C@@H](C)Cc2ncc(F)cn2)nnc1-c1ccn(C)n1. The molecule has 34 heavy (non-hydrogen) atoms. The van der Waals surface area contributed by atoms with Crippen molar-refractivity contribution in [2.75, 3.05) is 11.8 Å². The van der Waals surface area contributed by atoms with Crippen LogP contribution in [0.5, 0.6) is 5.88 Å². The number of methoxy groups -OCH3 is 1. The van der Waals surface area contributed by atoms with Crippen molar-refractivity contribution >= 4 is 16.0 Å². The van der Waals surface area contributed by atoms with Gasteiger partial charge in [0, 0.05) is 19.7 Å². The quantitative estimate of drug-likeness (QED) is 0.343. The molecule has 1 atom stereocenters. The molecule has 178 valence electrons. The molecule has 0 aliphatic carbocycles. The van der Waals surface area contributed by atoms with Crippen molar-refractivity contribution in [1.29, 1.82) is 0 Å². The Balaban J connectivity index is 1.77. The first-order valence-electron chi connectivity index (χ1n) is 9.75. The summed E-state index contributed by atoms with van der Waals surface area (Å²) < 4.78 is 49.4. The second-order valence-electron chi connectivity index (χ2n) is 7.13. The summed E-state index contributed by atoms with van der Waals surface area (Å²) in [4.78, 5) is 26.7. The number of rotatable bonds is 8. The first kappa shape index (κ1) is 23.0. The van der Waals surface area contributed by atoms with E-state index in [0.29, 0.717) is 5.69 Å². The van der Waals surface area contributed by atoms with Crippen molar-refractivity contribution in [3.63, 3.8) is 0 Å². The van der Waals surface area contributed by atoms with Gasteiger partial charge in [-0.05, 0) is 13.0 Å². The van der Waals surface area contributed by atoms with E-state index < -0.39 is 26.6 Å². The average molecular weight is 490 g/mol. The molecule has 4 rings (SSSR count). The smallest absolute Gasteiger partial charge is 0.279 e. The molecule has 0 spiro atoms. The van der Waals surface area contributed by atoms with Crippen molar-refractivity contribution in [3.05, 3.63) is 53.0 Å². The predicted molar refractivity (Wildman–Crippen MR) is 116 cm³/mol. The van der Waals surface area contributed by atoms with E-state index in [9.17, 15) is 17.6 Å². The molecule has 0 saturated heterocycles. The molecule has 0 radical (unpaired) electrons. The molecule has 0 aromatic carbocycles. The van der Waals surface area contributed by atoms with Gasteiger partial charge in [0.25, 0.3) is 5.56 Å². The van der Waals surface area contributed by atoms with Crippen LogP contribution in [0.15, 0.2) is 35.8 Å². The number of nitrogens with zero attached hydrogens (tertiary/aromatic N) is 8. The van der Waals surface area contributed by atoms with Gasteiger partial charge in [0.2, 0.25) is 21.9 Å². The molecule has 0 saturated carbocycles. The number of aryl methyl sites for hydroxylation is 1. The summed E-state index contributed by atoms with van der Waals surface area (Å²) in [6.45, 7) is 1.42. The lowest BCUT2D eigenvalue weighted by Gasteiger charge is -2.15. The highest BCUT2D eigenvalue weighted by molar-refractivity contribution is 7.93. The molecule has 16 heteroatoms. The van der Waals surface area contributed by atoms with E-state index in [-0.39, 0.29) is 35.6 Å². The van der Waals surface area contributed by atoms with Crippen molar-refractivity contribution in [3.8, 4) is 23.1 Å². The monoisotopic (exact) mass is 490 g/mol. The maximum atomic E-state index is 13.1. The van der Waals surface area contributed by atoms with Crippen LogP contribution in [0, 0.1) is 5.82 Å². The first-order chi connectivity index (χ1) is 16.2. The van der Waals surface area contributed by atoms with Crippen LogP contribution in [0.3, 0.4) is 0 Å². The lowest BCUT2D eigenvalue weighted by molar-refractivity contribution is 0.394. The molecule has 2 N–H and O–H groups in total. The average Bonchev–Trinajstić information content (AvgIpc) is 3.40. The minimum absolute atomic E-state index is 0.0737. The standard InChI is InChI=1S/C18H19FN10O4S/c1-10(6-13-20-7-11(19)8-21-13)34(31,32)27-18-25-24-15(12-4-5-28(2)26-12)29(18)14-16(30)22-9-23-17(14)33-3/h4-5,7-10H,6H2,1-3H3,(H,25,27)(H,22,23,30)/t10-/m0/s1. The Morgan fingerprint density at radius 3 is 2.62 bits per heavy atom. The number of H-pyrrole nitrogens is 1. The molecule has 0 bridgehead atoms. The van der Waals surface area contributed by atoms with Gasteiger partial charge >= 0.3 is 0 Å². The second kappa shape index (κ2) is 8.97. The van der Waals surface area contributed by atoms with Crippen LogP contribution in [-0.2, 0) is 23.5 Å². The van der Waals surface area contributed by atoms with Gasteiger partial charge in [0.15, 0.2) is 17.3 Å². The van der Waals surface area contributed by atoms with E-state index in [1.165, 1.54) is 18.7 Å². The Hall–Kier alpha value is -4.21. The normalized spacial score (nSPS) is 12.5. The Bertz CT molecular complexity index is 1480. The van der Waals surface area contributed by atoms with Crippen LogP contribution in [0.1, 0.15) is 12.7 Å². The van der Waals surface area contributed by atoms with Gasteiger partial charge in [-0.25, -0.2) is 32.3 Å². The van der Waals surface area contributed by atoms with Crippen LogP contribution in [0.2, 0.25) is 0 Å². The van der Waals surface area contributed by atoms with Crippen molar-refractivity contribution in [2.45, 2.75) is 18.6 Å².